The van der Waals surface area contributed by atoms with Crippen LogP contribution in [0.15, 0.2) is 35.7 Å². The Balaban J connectivity index is 0.00000147. The molecule has 0 atom stereocenters. The van der Waals surface area contributed by atoms with Gasteiger partial charge in [0.05, 0.1) is 12.5 Å². The third kappa shape index (κ3) is 3.01. The smallest absolute Gasteiger partial charge is 0.257 e. The zero-order valence-electron chi connectivity index (χ0n) is 10.6. The van der Waals surface area contributed by atoms with Gasteiger partial charge in [-0.25, -0.2) is 18.1 Å². The first-order valence-corrected chi connectivity index (χ1v) is 7.43. The fourth-order valence-corrected chi connectivity index (χ4v) is 3.02. The number of aromatic amines is 1. The molecule has 20 heavy (non-hydrogen) atoms. The largest absolute Gasteiger partial charge is 0.335 e. The maximum Gasteiger partial charge on any atom is 0.257 e. The first kappa shape index (κ1) is 15.0. The number of nitrogens with one attached hydrogen (secondary N) is 3. The Bertz CT molecular complexity index is 685. The molecule has 0 bridgehead atoms. The van der Waals surface area contributed by atoms with Gasteiger partial charge in [0.15, 0.2) is 5.03 Å². The molecule has 0 amide bonds. The highest BCUT2D eigenvalue weighted by molar-refractivity contribution is 7.89. The lowest BCUT2D eigenvalue weighted by molar-refractivity contribution is 0.578. The molecule has 1 aromatic heterocycles. The number of halogens is 1. The number of sulfonamides is 1. The van der Waals surface area contributed by atoms with Crippen LogP contribution in [-0.4, -0.2) is 18.4 Å². The second-order valence-corrected chi connectivity index (χ2v) is 6.18. The van der Waals surface area contributed by atoms with Crippen LogP contribution in [0.3, 0.4) is 0 Å². The molecule has 3 rings (SSSR count). The molecule has 0 saturated heterocycles. The van der Waals surface area contributed by atoms with Gasteiger partial charge >= 0.3 is 0 Å². The molecule has 0 fully saturated rings. The van der Waals surface area contributed by atoms with Gasteiger partial charge in [0.25, 0.3) is 10.0 Å². The molecule has 2 heterocycles. The summed E-state index contributed by atoms with van der Waals surface area (Å²) in [4.78, 5) is 6.29. The Morgan fingerprint density at radius 2 is 2.05 bits per heavy atom. The van der Waals surface area contributed by atoms with Crippen molar-refractivity contribution in [3.8, 4) is 0 Å². The van der Waals surface area contributed by atoms with Gasteiger partial charge in [-0.3, -0.25) is 0 Å². The summed E-state index contributed by atoms with van der Waals surface area (Å²) in [7, 11) is -3.51. The van der Waals surface area contributed by atoms with E-state index in [2.05, 4.69) is 20.0 Å². The molecule has 0 saturated carbocycles. The van der Waals surface area contributed by atoms with Crippen molar-refractivity contribution < 1.29 is 8.42 Å². The summed E-state index contributed by atoms with van der Waals surface area (Å²) in [5.74, 6) is 0. The number of fused-ring (bicyclic) bond motifs is 1. The highest BCUT2D eigenvalue weighted by Crippen LogP contribution is 2.17. The second kappa shape index (κ2) is 5.92. The minimum Gasteiger partial charge on any atom is -0.335 e. The van der Waals surface area contributed by atoms with Crippen LogP contribution in [0.1, 0.15) is 16.7 Å². The van der Waals surface area contributed by atoms with Gasteiger partial charge in [0.2, 0.25) is 0 Å². The van der Waals surface area contributed by atoms with Crippen molar-refractivity contribution in [2.45, 2.75) is 24.7 Å². The van der Waals surface area contributed by atoms with E-state index in [0.29, 0.717) is 0 Å². The van der Waals surface area contributed by atoms with Crippen molar-refractivity contribution >= 4 is 22.4 Å². The molecule has 108 valence electrons. The standard InChI is InChI=1S/C12H14N4O2S.ClH/c17-19(18,12-7-14-8-15-12)16-4-9-1-2-10-5-13-6-11(10)3-9;/h1-3,7-8,13,16H,4-6H2,(H,14,15);1H. The summed E-state index contributed by atoms with van der Waals surface area (Å²) in [5.41, 5.74) is 3.46. The highest BCUT2D eigenvalue weighted by Gasteiger charge is 2.16. The average Bonchev–Trinajstić information content (AvgIpc) is 3.07. The minimum absolute atomic E-state index is 0. The van der Waals surface area contributed by atoms with Crippen LogP contribution in [0, 0.1) is 0 Å². The van der Waals surface area contributed by atoms with Crippen molar-refractivity contribution in [1.29, 1.82) is 0 Å². The fraction of sp³-hybridized carbons (Fsp3) is 0.250. The van der Waals surface area contributed by atoms with E-state index < -0.39 is 10.0 Å². The SMILES string of the molecule is Cl.O=S(=O)(NCc1ccc2c(c1)CNC2)c1cnc[nH]1. The number of nitrogens with zero attached hydrogens (tertiary/aromatic N) is 1. The quantitative estimate of drug-likeness (QED) is 0.783. The molecule has 3 N–H and O–H groups in total. The molecule has 2 aromatic rings. The summed E-state index contributed by atoms with van der Waals surface area (Å²) in [6.07, 6.45) is 2.63. The monoisotopic (exact) mass is 314 g/mol. The molecule has 8 heteroatoms. The normalized spacial score (nSPS) is 13.8. The van der Waals surface area contributed by atoms with Crippen molar-refractivity contribution in [1.82, 2.24) is 20.0 Å². The van der Waals surface area contributed by atoms with Crippen molar-refractivity contribution in [2.75, 3.05) is 0 Å². The topological polar surface area (TPSA) is 86.9 Å². The van der Waals surface area contributed by atoms with E-state index in [1.807, 2.05) is 18.2 Å². The third-order valence-corrected chi connectivity index (χ3v) is 4.46. The van der Waals surface area contributed by atoms with Crippen molar-refractivity contribution in [3.05, 3.63) is 47.4 Å². The maximum absolute atomic E-state index is 11.9. The van der Waals surface area contributed by atoms with Crippen LogP contribution in [0.4, 0.5) is 0 Å². The van der Waals surface area contributed by atoms with Crippen molar-refractivity contribution in [3.63, 3.8) is 0 Å². The lowest BCUT2D eigenvalue weighted by Gasteiger charge is -2.06. The molecular weight excluding hydrogens is 300 g/mol. The van der Waals surface area contributed by atoms with Crippen molar-refractivity contribution in [2.24, 2.45) is 0 Å². The van der Waals surface area contributed by atoms with E-state index in [4.69, 9.17) is 0 Å². The van der Waals surface area contributed by atoms with E-state index in [0.717, 1.165) is 18.7 Å². The molecule has 0 unspecified atom stereocenters. The predicted molar refractivity (Wildman–Crippen MR) is 76.8 cm³/mol. The van der Waals surface area contributed by atoms with Gasteiger partial charge in [-0.15, -0.1) is 12.4 Å². The maximum atomic E-state index is 11.9. The molecule has 6 nitrogen and oxygen atoms in total. The molecule has 1 aliphatic rings. The Labute approximate surface area is 123 Å². The average molecular weight is 315 g/mol. The molecule has 1 aliphatic heterocycles. The molecule has 1 aromatic carbocycles. The third-order valence-electron chi connectivity index (χ3n) is 3.13. The number of hydrogen-bond donors (Lipinski definition) is 3. The van der Waals surface area contributed by atoms with Gasteiger partial charge in [-0.1, -0.05) is 18.2 Å². The van der Waals surface area contributed by atoms with Crippen LogP contribution in [0.2, 0.25) is 0 Å². The summed E-state index contributed by atoms with van der Waals surface area (Å²) in [5, 5.41) is 3.34. The summed E-state index contributed by atoms with van der Waals surface area (Å²) in [6.45, 7) is 2.00. The van der Waals surface area contributed by atoms with Gasteiger partial charge in [0, 0.05) is 19.6 Å². The first-order chi connectivity index (χ1) is 9.15. The molecule has 0 aliphatic carbocycles. The predicted octanol–water partition coefficient (Wildman–Crippen LogP) is 0.913. The Morgan fingerprint density at radius 3 is 2.80 bits per heavy atom. The zero-order valence-corrected chi connectivity index (χ0v) is 12.2. The van der Waals surface area contributed by atoms with Crippen LogP contribution in [0.5, 0.6) is 0 Å². The van der Waals surface area contributed by atoms with E-state index >= 15 is 0 Å². The molecule has 0 spiro atoms. The summed E-state index contributed by atoms with van der Waals surface area (Å²) < 4.78 is 26.4. The number of aromatic nitrogens is 2. The number of benzene rings is 1. The van der Waals surface area contributed by atoms with E-state index in [9.17, 15) is 8.42 Å². The van der Waals surface area contributed by atoms with Crippen LogP contribution < -0.4 is 10.0 Å². The van der Waals surface area contributed by atoms with Crippen LogP contribution in [0.25, 0.3) is 0 Å². The van der Waals surface area contributed by atoms with Gasteiger partial charge in [-0.2, -0.15) is 0 Å². The molecule has 0 radical (unpaired) electrons. The summed E-state index contributed by atoms with van der Waals surface area (Å²) in [6, 6.07) is 6.02. The number of rotatable bonds is 4. The lowest BCUT2D eigenvalue weighted by Crippen LogP contribution is -2.23. The Morgan fingerprint density at radius 1 is 1.25 bits per heavy atom. The molecular formula is C12H15ClN4O2S. The van der Waals surface area contributed by atoms with E-state index in [1.165, 1.54) is 23.7 Å². The van der Waals surface area contributed by atoms with E-state index in [-0.39, 0.29) is 24.0 Å². The fourth-order valence-electron chi connectivity index (χ4n) is 2.10. The van der Waals surface area contributed by atoms with Gasteiger partial charge < -0.3 is 10.3 Å². The highest BCUT2D eigenvalue weighted by atomic mass is 35.5. The Hall–Kier alpha value is -1.41. The van der Waals surface area contributed by atoms with Crippen LogP contribution in [-0.2, 0) is 29.7 Å². The first-order valence-electron chi connectivity index (χ1n) is 5.94. The summed E-state index contributed by atoms with van der Waals surface area (Å²) >= 11 is 0. The van der Waals surface area contributed by atoms with E-state index in [1.54, 1.807) is 0 Å². The number of hydrogen-bond acceptors (Lipinski definition) is 4. The van der Waals surface area contributed by atoms with Gasteiger partial charge in [0.1, 0.15) is 0 Å². The minimum atomic E-state index is -3.51. The zero-order chi connectivity index (χ0) is 13.3. The Kier molecular flexibility index (Phi) is 4.44. The number of H-pyrrole nitrogens is 1. The second-order valence-electron chi connectivity index (χ2n) is 4.45. The number of imidazole rings is 1. The lowest BCUT2D eigenvalue weighted by atomic mass is 10.1. The van der Waals surface area contributed by atoms with Crippen LogP contribution >= 0.6 is 12.4 Å². The van der Waals surface area contributed by atoms with Gasteiger partial charge in [-0.05, 0) is 16.7 Å².